The number of fused-ring (bicyclic) bond motifs is 1. The molecule has 1 heterocycles. The smallest absolute Gasteiger partial charge is 0.231 e. The highest BCUT2D eigenvalue weighted by Crippen LogP contribution is 2.18. The molecule has 0 atom stereocenters. The van der Waals surface area contributed by atoms with Gasteiger partial charge in [-0.1, -0.05) is 31.5 Å². The number of carbonyl (C=O) groups is 2. The van der Waals surface area contributed by atoms with Crippen LogP contribution in [-0.4, -0.2) is 23.0 Å². The van der Waals surface area contributed by atoms with Gasteiger partial charge in [-0.3, -0.25) is 14.2 Å². The van der Waals surface area contributed by atoms with Crippen molar-refractivity contribution in [2.24, 2.45) is 0 Å². The standard InChI is InChI=1S/C22H24N2O3/c1-2-3-16-27-19-10-8-18(9-11-19)23-21(25)12-13-22(26)24-15-14-17-6-4-5-7-20(17)24/h4-11,14-15H,2-3,12-13,16H2,1H3,(H,23,25). The first-order chi connectivity index (χ1) is 13.2. The van der Waals surface area contributed by atoms with Crippen LogP contribution in [0.4, 0.5) is 5.69 Å². The highest BCUT2D eigenvalue weighted by molar-refractivity contribution is 5.96. The first-order valence-corrected chi connectivity index (χ1v) is 9.29. The molecule has 0 saturated carbocycles. The van der Waals surface area contributed by atoms with Gasteiger partial charge in [0.05, 0.1) is 12.1 Å². The first kappa shape index (κ1) is 18.7. The van der Waals surface area contributed by atoms with Gasteiger partial charge in [-0.15, -0.1) is 0 Å². The average molecular weight is 364 g/mol. The van der Waals surface area contributed by atoms with Gasteiger partial charge >= 0.3 is 0 Å². The monoisotopic (exact) mass is 364 g/mol. The molecule has 5 heteroatoms. The summed E-state index contributed by atoms with van der Waals surface area (Å²) in [5, 5.41) is 3.83. The third-order valence-electron chi connectivity index (χ3n) is 4.34. The van der Waals surface area contributed by atoms with Gasteiger partial charge in [-0.25, -0.2) is 0 Å². The van der Waals surface area contributed by atoms with Crippen molar-refractivity contribution in [2.45, 2.75) is 32.6 Å². The molecule has 1 amide bonds. The molecule has 3 rings (SSSR count). The highest BCUT2D eigenvalue weighted by Gasteiger charge is 2.11. The summed E-state index contributed by atoms with van der Waals surface area (Å²) in [6.07, 6.45) is 4.15. The van der Waals surface area contributed by atoms with Crippen LogP contribution in [0, 0.1) is 0 Å². The Kier molecular flexibility index (Phi) is 6.26. The molecule has 2 aromatic carbocycles. The molecular formula is C22H24N2O3. The number of para-hydroxylation sites is 1. The van der Waals surface area contributed by atoms with Gasteiger partial charge in [0, 0.05) is 30.1 Å². The molecule has 0 bridgehead atoms. The Bertz CT molecular complexity index is 913. The summed E-state index contributed by atoms with van der Waals surface area (Å²) >= 11 is 0. The summed E-state index contributed by atoms with van der Waals surface area (Å²) in [4.78, 5) is 24.6. The molecule has 0 spiro atoms. The van der Waals surface area contributed by atoms with E-state index in [0.717, 1.165) is 29.5 Å². The molecule has 0 saturated heterocycles. The van der Waals surface area contributed by atoms with Gasteiger partial charge in [0.15, 0.2) is 0 Å². The minimum absolute atomic E-state index is 0.0916. The number of carbonyl (C=O) groups excluding carboxylic acids is 2. The van der Waals surface area contributed by atoms with E-state index in [4.69, 9.17) is 4.74 Å². The molecule has 0 aliphatic carbocycles. The summed E-state index contributed by atoms with van der Waals surface area (Å²) in [5.74, 6) is 0.515. The van der Waals surface area contributed by atoms with Crippen LogP contribution in [0.2, 0.25) is 0 Å². The Hall–Kier alpha value is -3.08. The quantitative estimate of drug-likeness (QED) is 0.580. The van der Waals surface area contributed by atoms with E-state index >= 15 is 0 Å². The molecule has 27 heavy (non-hydrogen) atoms. The van der Waals surface area contributed by atoms with Crippen LogP contribution < -0.4 is 10.1 Å². The lowest BCUT2D eigenvalue weighted by atomic mass is 10.2. The van der Waals surface area contributed by atoms with Crippen LogP contribution in [-0.2, 0) is 4.79 Å². The minimum atomic E-state index is -0.181. The largest absolute Gasteiger partial charge is 0.494 e. The van der Waals surface area contributed by atoms with E-state index in [1.165, 1.54) is 0 Å². The molecule has 1 N–H and O–H groups in total. The number of benzene rings is 2. The number of aromatic nitrogens is 1. The molecule has 3 aromatic rings. The fraction of sp³-hybridized carbons (Fsp3) is 0.273. The van der Waals surface area contributed by atoms with Gasteiger partial charge in [-0.05, 0) is 42.8 Å². The van der Waals surface area contributed by atoms with Crippen LogP contribution in [0.25, 0.3) is 10.9 Å². The van der Waals surface area contributed by atoms with Crippen molar-refractivity contribution < 1.29 is 14.3 Å². The van der Waals surface area contributed by atoms with E-state index in [9.17, 15) is 9.59 Å². The second kappa shape index (κ2) is 9.03. The van der Waals surface area contributed by atoms with Crippen LogP contribution in [0.15, 0.2) is 60.8 Å². The molecule has 0 radical (unpaired) electrons. The molecule has 0 aliphatic heterocycles. The van der Waals surface area contributed by atoms with Crippen molar-refractivity contribution in [1.82, 2.24) is 4.57 Å². The summed E-state index contributed by atoms with van der Waals surface area (Å²) in [6, 6.07) is 16.9. The first-order valence-electron chi connectivity index (χ1n) is 9.29. The number of hydrogen-bond acceptors (Lipinski definition) is 3. The van der Waals surface area contributed by atoms with Gasteiger partial charge < -0.3 is 10.1 Å². The number of anilines is 1. The van der Waals surface area contributed by atoms with Crippen LogP contribution in [0.1, 0.15) is 37.4 Å². The van der Waals surface area contributed by atoms with Crippen molar-refractivity contribution in [2.75, 3.05) is 11.9 Å². The van der Waals surface area contributed by atoms with Crippen LogP contribution in [0.3, 0.4) is 0 Å². The molecule has 0 fully saturated rings. The maximum Gasteiger partial charge on any atom is 0.231 e. The van der Waals surface area contributed by atoms with E-state index in [1.54, 1.807) is 22.9 Å². The molecule has 5 nitrogen and oxygen atoms in total. The number of nitrogens with zero attached hydrogens (tertiary/aromatic N) is 1. The summed E-state index contributed by atoms with van der Waals surface area (Å²) in [7, 11) is 0. The number of unbranched alkanes of at least 4 members (excludes halogenated alkanes) is 1. The van der Waals surface area contributed by atoms with Gasteiger partial charge in [0.25, 0.3) is 0 Å². The zero-order chi connectivity index (χ0) is 19.1. The SMILES string of the molecule is CCCCOc1ccc(NC(=O)CCC(=O)n2ccc3ccccc32)cc1. The number of rotatable bonds is 8. The fourth-order valence-corrected chi connectivity index (χ4v) is 2.83. The maximum atomic E-state index is 12.4. The molecular weight excluding hydrogens is 340 g/mol. The minimum Gasteiger partial charge on any atom is -0.494 e. The highest BCUT2D eigenvalue weighted by atomic mass is 16.5. The van der Waals surface area contributed by atoms with E-state index in [0.29, 0.717) is 12.3 Å². The van der Waals surface area contributed by atoms with Gasteiger partial charge in [0.1, 0.15) is 5.75 Å². The number of ether oxygens (including phenoxy) is 1. The lowest BCUT2D eigenvalue weighted by molar-refractivity contribution is -0.116. The van der Waals surface area contributed by atoms with E-state index in [2.05, 4.69) is 12.2 Å². The lowest BCUT2D eigenvalue weighted by Crippen LogP contribution is -2.16. The van der Waals surface area contributed by atoms with E-state index < -0.39 is 0 Å². The Labute approximate surface area is 158 Å². The van der Waals surface area contributed by atoms with Gasteiger partial charge in [-0.2, -0.15) is 0 Å². The number of amides is 1. The Morgan fingerprint density at radius 3 is 2.56 bits per heavy atom. The van der Waals surface area contributed by atoms with Crippen molar-refractivity contribution >= 4 is 28.4 Å². The number of nitrogens with one attached hydrogen (secondary N) is 1. The van der Waals surface area contributed by atoms with Crippen molar-refractivity contribution in [3.8, 4) is 5.75 Å². The fourth-order valence-electron chi connectivity index (χ4n) is 2.83. The summed E-state index contributed by atoms with van der Waals surface area (Å²) < 4.78 is 7.20. The lowest BCUT2D eigenvalue weighted by Gasteiger charge is -2.08. The van der Waals surface area contributed by atoms with E-state index in [1.807, 2.05) is 42.5 Å². The normalized spacial score (nSPS) is 10.7. The number of hydrogen-bond donors (Lipinski definition) is 1. The van der Waals surface area contributed by atoms with Crippen molar-refractivity contribution in [3.05, 3.63) is 60.8 Å². The second-order valence-corrected chi connectivity index (χ2v) is 6.41. The second-order valence-electron chi connectivity index (χ2n) is 6.41. The zero-order valence-electron chi connectivity index (χ0n) is 15.5. The maximum absolute atomic E-state index is 12.4. The molecule has 0 unspecified atom stereocenters. The summed E-state index contributed by atoms with van der Waals surface area (Å²) in [5.41, 5.74) is 1.56. The van der Waals surface area contributed by atoms with Crippen molar-refractivity contribution in [1.29, 1.82) is 0 Å². The molecule has 140 valence electrons. The van der Waals surface area contributed by atoms with Crippen LogP contribution in [0.5, 0.6) is 5.75 Å². The van der Waals surface area contributed by atoms with Crippen molar-refractivity contribution in [3.63, 3.8) is 0 Å². The Morgan fingerprint density at radius 2 is 1.78 bits per heavy atom. The zero-order valence-corrected chi connectivity index (χ0v) is 15.5. The average Bonchev–Trinajstić information content (AvgIpc) is 3.12. The third kappa shape index (κ3) is 4.97. The summed E-state index contributed by atoms with van der Waals surface area (Å²) in [6.45, 7) is 2.81. The molecule has 1 aromatic heterocycles. The van der Waals surface area contributed by atoms with E-state index in [-0.39, 0.29) is 24.7 Å². The topological polar surface area (TPSA) is 60.3 Å². The Morgan fingerprint density at radius 1 is 1.00 bits per heavy atom. The predicted octanol–water partition coefficient (Wildman–Crippen LogP) is 4.88. The predicted molar refractivity (Wildman–Crippen MR) is 107 cm³/mol. The third-order valence-corrected chi connectivity index (χ3v) is 4.34. The molecule has 0 aliphatic rings. The Balaban J connectivity index is 1.50. The van der Waals surface area contributed by atoms with Crippen LogP contribution >= 0.6 is 0 Å². The van der Waals surface area contributed by atoms with Gasteiger partial charge in [0.2, 0.25) is 11.8 Å².